The summed E-state index contributed by atoms with van der Waals surface area (Å²) in [6, 6.07) is 13.0. The Kier molecular flexibility index (Phi) is 7.91. The summed E-state index contributed by atoms with van der Waals surface area (Å²) < 4.78 is 10.3. The predicted molar refractivity (Wildman–Crippen MR) is 104 cm³/mol. The van der Waals surface area contributed by atoms with Crippen LogP contribution in [0, 0.1) is 6.92 Å². The Morgan fingerprint density at radius 3 is 2.58 bits per heavy atom. The fourth-order valence-electron chi connectivity index (χ4n) is 2.72. The fourth-order valence-corrected chi connectivity index (χ4v) is 2.96. The minimum absolute atomic E-state index is 0.110. The Hall–Kier alpha value is -2.08. The molecule has 0 aliphatic carbocycles. The minimum atomic E-state index is -0.341. The quantitative estimate of drug-likeness (QED) is 0.660. The van der Waals surface area contributed by atoms with Gasteiger partial charge < -0.3 is 20.1 Å². The molecule has 26 heavy (non-hydrogen) atoms. The Morgan fingerprint density at radius 2 is 1.92 bits per heavy atom. The van der Waals surface area contributed by atoms with Crippen LogP contribution in [0.3, 0.4) is 0 Å². The first-order valence-electron chi connectivity index (χ1n) is 8.44. The summed E-state index contributed by atoms with van der Waals surface area (Å²) in [5.74, 6) is 0.665. The lowest BCUT2D eigenvalue weighted by Gasteiger charge is -2.23. The molecule has 1 atom stereocenters. The van der Waals surface area contributed by atoms with Gasteiger partial charge in [-0.05, 0) is 41.8 Å². The van der Waals surface area contributed by atoms with Gasteiger partial charge in [-0.3, -0.25) is 4.79 Å². The largest absolute Gasteiger partial charge is 0.497 e. The third-order valence-corrected chi connectivity index (χ3v) is 4.42. The first-order chi connectivity index (χ1) is 12.6. The normalized spacial score (nSPS) is 11.8. The van der Waals surface area contributed by atoms with E-state index in [-0.39, 0.29) is 18.5 Å². The van der Waals surface area contributed by atoms with Crippen LogP contribution < -0.4 is 15.4 Å². The lowest BCUT2D eigenvalue weighted by molar-refractivity contribution is -0.120. The van der Waals surface area contributed by atoms with Crippen LogP contribution in [0.4, 0.5) is 0 Å². The summed E-state index contributed by atoms with van der Waals surface area (Å²) in [5, 5.41) is 6.74. The maximum atomic E-state index is 12.4. The van der Waals surface area contributed by atoms with E-state index < -0.39 is 0 Å². The highest BCUT2D eigenvalue weighted by Gasteiger charge is 2.21. The van der Waals surface area contributed by atoms with Crippen molar-refractivity contribution in [3.63, 3.8) is 0 Å². The number of hydrogen-bond donors (Lipinski definition) is 2. The minimum Gasteiger partial charge on any atom is -0.497 e. The van der Waals surface area contributed by atoms with Gasteiger partial charge in [0.1, 0.15) is 5.75 Å². The molecule has 2 aromatic rings. The molecule has 1 unspecified atom stereocenters. The van der Waals surface area contributed by atoms with Gasteiger partial charge in [-0.25, -0.2) is 0 Å². The van der Waals surface area contributed by atoms with E-state index in [1.54, 1.807) is 14.2 Å². The topological polar surface area (TPSA) is 59.6 Å². The predicted octanol–water partition coefficient (Wildman–Crippen LogP) is 3.10. The third kappa shape index (κ3) is 5.46. The van der Waals surface area contributed by atoms with Crippen LogP contribution >= 0.6 is 11.6 Å². The molecule has 140 valence electrons. The third-order valence-electron chi connectivity index (χ3n) is 4.08. The van der Waals surface area contributed by atoms with Crippen LogP contribution in [0.2, 0.25) is 5.02 Å². The van der Waals surface area contributed by atoms with Gasteiger partial charge >= 0.3 is 0 Å². The van der Waals surface area contributed by atoms with E-state index in [0.29, 0.717) is 18.2 Å². The number of methoxy groups -OCH3 is 2. The fraction of sp³-hybridized carbons (Fsp3) is 0.350. The number of carbonyl (C=O) groups is 1. The van der Waals surface area contributed by atoms with Crippen LogP contribution in [0.1, 0.15) is 22.7 Å². The van der Waals surface area contributed by atoms with Gasteiger partial charge in [-0.2, -0.15) is 0 Å². The lowest BCUT2D eigenvalue weighted by Crippen LogP contribution is -2.38. The Labute approximate surface area is 159 Å². The van der Waals surface area contributed by atoms with Gasteiger partial charge in [0.2, 0.25) is 5.91 Å². The molecule has 5 nitrogen and oxygen atoms in total. The van der Waals surface area contributed by atoms with Crippen molar-refractivity contribution in [3.8, 4) is 5.75 Å². The second-order valence-corrected chi connectivity index (χ2v) is 6.32. The van der Waals surface area contributed by atoms with Gasteiger partial charge in [0.15, 0.2) is 0 Å². The van der Waals surface area contributed by atoms with Crippen LogP contribution in [0.25, 0.3) is 0 Å². The van der Waals surface area contributed by atoms with Crippen molar-refractivity contribution in [1.29, 1.82) is 0 Å². The van der Waals surface area contributed by atoms with Gasteiger partial charge in [0, 0.05) is 18.7 Å². The molecule has 0 spiro atoms. The summed E-state index contributed by atoms with van der Waals surface area (Å²) in [6.07, 6.45) is 0. The molecule has 0 bridgehead atoms. The summed E-state index contributed by atoms with van der Waals surface area (Å²) in [6.45, 7) is 3.37. The number of hydrogen-bond acceptors (Lipinski definition) is 4. The van der Waals surface area contributed by atoms with E-state index in [1.165, 1.54) is 0 Å². The van der Waals surface area contributed by atoms with E-state index in [1.807, 2.05) is 49.4 Å². The number of ether oxygens (including phenoxy) is 2. The van der Waals surface area contributed by atoms with Crippen molar-refractivity contribution in [2.24, 2.45) is 0 Å². The molecule has 2 aromatic carbocycles. The number of carbonyl (C=O) groups excluding carboxylic acids is 1. The van der Waals surface area contributed by atoms with Crippen molar-refractivity contribution in [2.45, 2.75) is 13.0 Å². The monoisotopic (exact) mass is 376 g/mol. The van der Waals surface area contributed by atoms with Gasteiger partial charge in [-0.1, -0.05) is 35.9 Å². The maximum Gasteiger partial charge on any atom is 0.234 e. The second kappa shape index (κ2) is 10.2. The zero-order chi connectivity index (χ0) is 18.9. The van der Waals surface area contributed by atoms with Crippen LogP contribution in [0.5, 0.6) is 5.75 Å². The molecule has 0 aliphatic rings. The highest BCUT2D eigenvalue weighted by Crippen LogP contribution is 2.31. The van der Waals surface area contributed by atoms with Crippen molar-refractivity contribution in [1.82, 2.24) is 10.6 Å². The van der Waals surface area contributed by atoms with Gasteiger partial charge in [-0.15, -0.1) is 0 Å². The number of amides is 1. The first-order valence-corrected chi connectivity index (χ1v) is 8.82. The van der Waals surface area contributed by atoms with Crippen molar-refractivity contribution < 1.29 is 14.3 Å². The van der Waals surface area contributed by atoms with Crippen molar-refractivity contribution >= 4 is 17.5 Å². The van der Waals surface area contributed by atoms with E-state index in [9.17, 15) is 4.79 Å². The van der Waals surface area contributed by atoms with Crippen molar-refractivity contribution in [2.75, 3.05) is 33.9 Å². The second-order valence-electron chi connectivity index (χ2n) is 5.91. The number of rotatable bonds is 9. The zero-order valence-corrected chi connectivity index (χ0v) is 16.1. The van der Waals surface area contributed by atoms with E-state index in [2.05, 4.69) is 10.6 Å². The summed E-state index contributed by atoms with van der Waals surface area (Å²) >= 11 is 6.40. The summed E-state index contributed by atoms with van der Waals surface area (Å²) in [7, 11) is 3.26. The number of aryl methyl sites for hydroxylation is 1. The Bertz CT molecular complexity index is 737. The average molecular weight is 377 g/mol. The molecular weight excluding hydrogens is 352 g/mol. The van der Waals surface area contributed by atoms with Crippen LogP contribution in [-0.4, -0.2) is 39.8 Å². The van der Waals surface area contributed by atoms with E-state index in [0.717, 1.165) is 22.4 Å². The zero-order valence-electron chi connectivity index (χ0n) is 15.3. The highest BCUT2D eigenvalue weighted by atomic mass is 35.5. The average Bonchev–Trinajstić information content (AvgIpc) is 2.64. The Balaban J connectivity index is 2.26. The molecular formula is C20H25ClN2O3. The maximum absolute atomic E-state index is 12.4. The summed E-state index contributed by atoms with van der Waals surface area (Å²) in [4.78, 5) is 12.4. The molecule has 6 heteroatoms. The standard InChI is InChI=1S/C20H25ClN2O3/c1-14-12-15(26-3)8-9-16(14)20(17-6-4-5-7-18(17)21)23-19(24)13-22-10-11-25-2/h4-9,12,20,22H,10-11,13H2,1-3H3,(H,23,24). The van der Waals surface area contributed by atoms with Crippen LogP contribution in [-0.2, 0) is 9.53 Å². The van der Waals surface area contributed by atoms with E-state index in [4.69, 9.17) is 21.1 Å². The molecule has 0 saturated carbocycles. The van der Waals surface area contributed by atoms with Crippen molar-refractivity contribution in [3.05, 3.63) is 64.2 Å². The lowest BCUT2D eigenvalue weighted by atomic mass is 9.94. The molecule has 0 aromatic heterocycles. The highest BCUT2D eigenvalue weighted by molar-refractivity contribution is 6.31. The number of benzene rings is 2. The molecule has 0 fully saturated rings. The molecule has 0 heterocycles. The molecule has 2 N–H and O–H groups in total. The van der Waals surface area contributed by atoms with Crippen LogP contribution in [0.15, 0.2) is 42.5 Å². The molecule has 0 saturated heterocycles. The number of nitrogens with one attached hydrogen (secondary N) is 2. The molecule has 0 aliphatic heterocycles. The first kappa shape index (κ1) is 20.2. The van der Waals surface area contributed by atoms with E-state index >= 15 is 0 Å². The molecule has 0 radical (unpaired) electrons. The number of halogens is 1. The van der Waals surface area contributed by atoms with Gasteiger partial charge in [0.25, 0.3) is 0 Å². The Morgan fingerprint density at radius 1 is 1.15 bits per heavy atom. The summed E-state index contributed by atoms with van der Waals surface area (Å²) in [5.41, 5.74) is 2.85. The SMILES string of the molecule is COCCNCC(=O)NC(c1ccc(OC)cc1C)c1ccccc1Cl. The smallest absolute Gasteiger partial charge is 0.234 e. The molecule has 1 amide bonds. The van der Waals surface area contributed by atoms with Gasteiger partial charge in [0.05, 0.1) is 26.3 Å². The molecule has 2 rings (SSSR count).